The van der Waals surface area contributed by atoms with Crippen molar-refractivity contribution in [2.45, 2.75) is 46.0 Å². The van der Waals surface area contributed by atoms with E-state index < -0.39 is 23.8 Å². The molecule has 1 unspecified atom stereocenters. The molecule has 5 nitrogen and oxygen atoms in total. The van der Waals surface area contributed by atoms with Crippen molar-refractivity contribution in [2.75, 3.05) is 13.2 Å². The smallest absolute Gasteiger partial charge is 0.336 e. The van der Waals surface area contributed by atoms with Gasteiger partial charge in [0.15, 0.2) is 0 Å². The molecule has 0 N–H and O–H groups in total. The molecule has 2 rings (SSSR count). The number of carbonyl (C=O) groups excluding carboxylic acids is 2. The summed E-state index contributed by atoms with van der Waals surface area (Å²) in [5.41, 5.74) is 3.50. The highest BCUT2D eigenvalue weighted by molar-refractivity contribution is 6.07. The quantitative estimate of drug-likeness (QED) is 0.475. The third-order valence-corrected chi connectivity index (χ3v) is 5.11. The van der Waals surface area contributed by atoms with Crippen LogP contribution >= 0.6 is 0 Å². The molecule has 0 fully saturated rings. The van der Waals surface area contributed by atoms with Gasteiger partial charge in [-0.3, -0.25) is 9.79 Å². The first-order valence-electron chi connectivity index (χ1n) is 10.0. The summed E-state index contributed by atoms with van der Waals surface area (Å²) in [6.45, 7) is 17.3. The second-order valence-corrected chi connectivity index (χ2v) is 8.39. The van der Waals surface area contributed by atoms with Crippen LogP contribution in [-0.4, -0.2) is 30.9 Å². The fraction of sp³-hybridized carbons (Fsp3) is 0.400. The maximum atomic E-state index is 12.9. The number of hydrogen-bond donors (Lipinski definition) is 0. The Morgan fingerprint density at radius 1 is 1.03 bits per heavy atom. The minimum atomic E-state index is -0.722. The molecule has 0 amide bonds. The largest absolute Gasteiger partial charge is 0.461 e. The van der Waals surface area contributed by atoms with Crippen LogP contribution in [0.3, 0.4) is 0 Å². The first kappa shape index (κ1) is 23.3. The lowest BCUT2D eigenvalue weighted by Crippen LogP contribution is -2.36. The van der Waals surface area contributed by atoms with Crippen LogP contribution < -0.4 is 0 Å². The first-order valence-corrected chi connectivity index (χ1v) is 10.0. The Morgan fingerprint density at radius 3 is 2.13 bits per heavy atom. The van der Waals surface area contributed by atoms with Crippen molar-refractivity contribution in [1.82, 2.24) is 0 Å². The second-order valence-electron chi connectivity index (χ2n) is 8.39. The zero-order chi connectivity index (χ0) is 22.5. The van der Waals surface area contributed by atoms with Gasteiger partial charge in [0.25, 0.3) is 0 Å². The van der Waals surface area contributed by atoms with E-state index in [2.05, 4.69) is 38.9 Å². The Morgan fingerprint density at radius 2 is 1.60 bits per heavy atom. The molecule has 2 atom stereocenters. The Hall–Kier alpha value is -2.95. The van der Waals surface area contributed by atoms with Gasteiger partial charge in [-0.05, 0) is 30.4 Å². The lowest BCUT2D eigenvalue weighted by atomic mass is 9.75. The number of esters is 2. The first-order chi connectivity index (χ1) is 14.1. The van der Waals surface area contributed by atoms with E-state index in [9.17, 15) is 9.59 Å². The fourth-order valence-corrected chi connectivity index (χ4v) is 3.60. The van der Waals surface area contributed by atoms with Crippen LogP contribution in [0.4, 0.5) is 0 Å². The summed E-state index contributed by atoms with van der Waals surface area (Å²) in [6.07, 6.45) is 3.02. The maximum absolute atomic E-state index is 12.9. The average Bonchev–Trinajstić information content (AvgIpc) is 2.69. The van der Waals surface area contributed by atoms with Gasteiger partial charge in [-0.15, -0.1) is 0 Å². The van der Waals surface area contributed by atoms with Crippen molar-refractivity contribution < 1.29 is 19.1 Å². The number of aliphatic imine (C=N–C) groups is 1. The summed E-state index contributed by atoms with van der Waals surface area (Å²) in [6, 6.07) is 7.99. The molecule has 1 heterocycles. The van der Waals surface area contributed by atoms with E-state index >= 15 is 0 Å². The molecule has 5 heteroatoms. The van der Waals surface area contributed by atoms with Gasteiger partial charge in [-0.1, -0.05) is 70.3 Å². The van der Waals surface area contributed by atoms with Crippen molar-refractivity contribution in [3.05, 3.63) is 72.0 Å². The van der Waals surface area contributed by atoms with E-state index in [1.807, 2.05) is 24.3 Å². The van der Waals surface area contributed by atoms with E-state index in [1.165, 1.54) is 12.2 Å². The highest BCUT2D eigenvalue weighted by Gasteiger charge is 2.42. The minimum absolute atomic E-state index is 0.0117. The third-order valence-electron chi connectivity index (χ3n) is 5.11. The van der Waals surface area contributed by atoms with Gasteiger partial charge in [0, 0.05) is 17.3 Å². The van der Waals surface area contributed by atoms with Crippen LogP contribution in [0.25, 0.3) is 0 Å². The summed E-state index contributed by atoms with van der Waals surface area (Å²) >= 11 is 0. The maximum Gasteiger partial charge on any atom is 0.336 e. The van der Waals surface area contributed by atoms with Crippen molar-refractivity contribution >= 4 is 17.7 Å². The molecule has 1 aromatic rings. The summed E-state index contributed by atoms with van der Waals surface area (Å²) in [4.78, 5) is 30.3. The van der Waals surface area contributed by atoms with E-state index in [4.69, 9.17) is 9.47 Å². The van der Waals surface area contributed by atoms with Crippen molar-refractivity contribution in [2.24, 2.45) is 10.9 Å². The molecular formula is C25H31NO4. The van der Waals surface area contributed by atoms with Crippen molar-refractivity contribution in [3.8, 4) is 0 Å². The molecule has 0 aromatic heterocycles. The Balaban J connectivity index is 2.58. The van der Waals surface area contributed by atoms with Gasteiger partial charge < -0.3 is 9.47 Å². The van der Waals surface area contributed by atoms with E-state index in [-0.39, 0.29) is 18.6 Å². The molecule has 0 radical (unpaired) electrons. The highest BCUT2D eigenvalue weighted by atomic mass is 16.5. The number of ether oxygens (including phenoxy) is 2. The van der Waals surface area contributed by atoms with Gasteiger partial charge in [0.05, 0.1) is 5.57 Å². The average molecular weight is 410 g/mol. The highest BCUT2D eigenvalue weighted by Crippen LogP contribution is 2.40. The molecule has 1 aromatic carbocycles. The van der Waals surface area contributed by atoms with Crippen LogP contribution in [-0.2, 0) is 24.5 Å². The normalized spacial score (nSPS) is 19.0. The van der Waals surface area contributed by atoms with Gasteiger partial charge >= 0.3 is 11.9 Å². The van der Waals surface area contributed by atoms with Gasteiger partial charge in [0.1, 0.15) is 19.1 Å². The second kappa shape index (κ2) is 9.70. The van der Waals surface area contributed by atoms with Crippen molar-refractivity contribution in [3.63, 3.8) is 0 Å². The molecule has 0 bridgehead atoms. The SMILES string of the molecule is C=CCOC(=O)C1=C(C)N=C(C)C(C(=O)OCC=C)[C@@H]1c1ccc(C(C)(C)C)cc1. The summed E-state index contributed by atoms with van der Waals surface area (Å²) in [5.74, 6) is -2.22. The monoisotopic (exact) mass is 409 g/mol. The molecule has 1 aliphatic rings. The number of allylic oxidation sites excluding steroid dienone is 1. The van der Waals surface area contributed by atoms with Crippen LogP contribution in [0.15, 0.2) is 65.8 Å². The summed E-state index contributed by atoms with van der Waals surface area (Å²) < 4.78 is 10.7. The molecule has 0 saturated carbocycles. The predicted octanol–water partition coefficient (Wildman–Crippen LogP) is 4.89. The number of nitrogens with zero attached hydrogens (tertiary/aromatic N) is 1. The molecule has 0 spiro atoms. The molecule has 0 aliphatic carbocycles. The molecule has 30 heavy (non-hydrogen) atoms. The van der Waals surface area contributed by atoms with Gasteiger partial charge in [0.2, 0.25) is 0 Å². The van der Waals surface area contributed by atoms with Crippen LogP contribution in [0.5, 0.6) is 0 Å². The Labute approximate surface area is 179 Å². The van der Waals surface area contributed by atoms with Gasteiger partial charge in [-0.2, -0.15) is 0 Å². The van der Waals surface area contributed by atoms with Crippen LogP contribution in [0.1, 0.15) is 51.7 Å². The van der Waals surface area contributed by atoms with Crippen LogP contribution in [0.2, 0.25) is 0 Å². The summed E-state index contributed by atoms with van der Waals surface area (Å²) in [7, 11) is 0. The van der Waals surface area contributed by atoms with Crippen LogP contribution in [0, 0.1) is 5.92 Å². The van der Waals surface area contributed by atoms with E-state index in [0.717, 1.165) is 11.1 Å². The Bertz CT molecular complexity index is 885. The minimum Gasteiger partial charge on any atom is -0.461 e. The fourth-order valence-electron chi connectivity index (χ4n) is 3.60. The molecular weight excluding hydrogens is 378 g/mol. The summed E-state index contributed by atoms with van der Waals surface area (Å²) in [5, 5.41) is 0. The number of rotatable bonds is 7. The topological polar surface area (TPSA) is 65.0 Å². The van der Waals surface area contributed by atoms with E-state index in [1.54, 1.807) is 13.8 Å². The number of benzene rings is 1. The number of hydrogen-bond acceptors (Lipinski definition) is 5. The molecule has 160 valence electrons. The Kier molecular flexibility index (Phi) is 7.54. The lowest BCUT2D eigenvalue weighted by Gasteiger charge is -2.32. The molecule has 0 saturated heterocycles. The molecule has 1 aliphatic heterocycles. The van der Waals surface area contributed by atoms with Crippen molar-refractivity contribution in [1.29, 1.82) is 0 Å². The van der Waals surface area contributed by atoms with Gasteiger partial charge in [-0.25, -0.2) is 4.79 Å². The standard InChI is InChI=1S/C25H31NO4/c1-8-14-29-23(27)20-16(3)26-17(4)21(24(28)30-15-9-2)22(20)18-10-12-19(13-11-18)25(5,6)7/h8-13,20,22H,1-2,14-15H2,3-7H3/t20?,22-/m0/s1. The predicted molar refractivity (Wildman–Crippen MR) is 119 cm³/mol. The lowest BCUT2D eigenvalue weighted by molar-refractivity contribution is -0.145. The van der Waals surface area contributed by atoms with E-state index in [0.29, 0.717) is 17.0 Å². The third kappa shape index (κ3) is 5.15. The zero-order valence-corrected chi connectivity index (χ0v) is 18.5. The zero-order valence-electron chi connectivity index (χ0n) is 18.5. The number of carbonyl (C=O) groups is 2.